The van der Waals surface area contributed by atoms with Crippen molar-refractivity contribution >= 4 is 22.6 Å². The Morgan fingerprint density at radius 3 is 3.00 bits per heavy atom. The van der Waals surface area contributed by atoms with Crippen LogP contribution < -0.4 is 5.32 Å². The first kappa shape index (κ1) is 14.0. The quantitative estimate of drug-likeness (QED) is 0.843. The zero-order valence-electron chi connectivity index (χ0n) is 12.0. The highest BCUT2D eigenvalue weighted by Gasteiger charge is 2.21. The monoisotopic (exact) mass is 291 g/mol. The molecule has 1 saturated carbocycles. The summed E-state index contributed by atoms with van der Waals surface area (Å²) in [6.07, 6.45) is 6.61. The van der Waals surface area contributed by atoms with Gasteiger partial charge in [0.05, 0.1) is 0 Å². The number of fused-ring (bicyclic) bond motifs is 1. The second-order valence-electron chi connectivity index (χ2n) is 5.87. The standard InChI is InChI=1S/C17H22ClNO/c1-2-12-6-5-7-13(10-12)19-11-15-14-8-3-4-9-16(14)20-17(15)18/h3-4,8-9,12-13,19H,2,5-7,10-11H2,1H3. The smallest absolute Gasteiger partial charge is 0.199 e. The van der Waals surface area contributed by atoms with E-state index in [0.29, 0.717) is 11.3 Å². The van der Waals surface area contributed by atoms with Gasteiger partial charge in [0.2, 0.25) is 0 Å². The molecule has 1 aliphatic carbocycles. The van der Waals surface area contributed by atoms with Crippen LogP contribution in [0.4, 0.5) is 0 Å². The molecule has 0 amide bonds. The molecule has 1 heterocycles. The van der Waals surface area contributed by atoms with E-state index in [1.807, 2.05) is 18.2 Å². The first-order chi connectivity index (χ1) is 9.78. The molecule has 3 rings (SSSR count). The van der Waals surface area contributed by atoms with Crippen molar-refractivity contribution in [2.24, 2.45) is 5.92 Å². The molecule has 2 unspecified atom stereocenters. The Bertz CT molecular complexity index is 577. The van der Waals surface area contributed by atoms with Crippen molar-refractivity contribution in [2.45, 2.75) is 51.6 Å². The van der Waals surface area contributed by atoms with Crippen LogP contribution in [0, 0.1) is 5.92 Å². The van der Waals surface area contributed by atoms with Gasteiger partial charge in [-0.15, -0.1) is 0 Å². The van der Waals surface area contributed by atoms with E-state index in [2.05, 4.69) is 18.3 Å². The van der Waals surface area contributed by atoms with Gasteiger partial charge in [-0.2, -0.15) is 0 Å². The summed E-state index contributed by atoms with van der Waals surface area (Å²) >= 11 is 6.23. The molecule has 20 heavy (non-hydrogen) atoms. The Kier molecular flexibility index (Phi) is 4.32. The van der Waals surface area contributed by atoms with Crippen LogP contribution in [0.5, 0.6) is 0 Å². The van der Waals surface area contributed by atoms with Crippen molar-refractivity contribution < 1.29 is 4.42 Å². The van der Waals surface area contributed by atoms with Gasteiger partial charge in [-0.25, -0.2) is 0 Å². The number of hydrogen-bond acceptors (Lipinski definition) is 2. The summed E-state index contributed by atoms with van der Waals surface area (Å²) in [5, 5.41) is 5.34. The lowest BCUT2D eigenvalue weighted by atomic mass is 9.84. The third-order valence-corrected chi connectivity index (χ3v) is 4.88. The first-order valence-electron chi connectivity index (χ1n) is 7.67. The molecule has 1 fully saturated rings. The van der Waals surface area contributed by atoms with Gasteiger partial charge >= 0.3 is 0 Å². The van der Waals surface area contributed by atoms with Crippen molar-refractivity contribution in [3.05, 3.63) is 35.0 Å². The van der Waals surface area contributed by atoms with Crippen molar-refractivity contribution in [3.8, 4) is 0 Å². The largest absolute Gasteiger partial charge is 0.444 e. The maximum atomic E-state index is 6.23. The molecule has 1 N–H and O–H groups in total. The molecule has 0 radical (unpaired) electrons. The number of halogens is 1. The maximum absolute atomic E-state index is 6.23. The van der Waals surface area contributed by atoms with Crippen molar-refractivity contribution in [2.75, 3.05) is 0 Å². The van der Waals surface area contributed by atoms with Crippen molar-refractivity contribution in [3.63, 3.8) is 0 Å². The number of hydrogen-bond donors (Lipinski definition) is 1. The van der Waals surface area contributed by atoms with E-state index in [1.165, 1.54) is 32.1 Å². The van der Waals surface area contributed by atoms with Gasteiger partial charge in [0, 0.05) is 23.5 Å². The van der Waals surface area contributed by atoms with Gasteiger partial charge in [0.15, 0.2) is 5.22 Å². The topological polar surface area (TPSA) is 25.2 Å². The van der Waals surface area contributed by atoms with Crippen molar-refractivity contribution in [1.29, 1.82) is 0 Å². The Labute approximate surface area is 125 Å². The van der Waals surface area contributed by atoms with Crippen LogP contribution in [0.2, 0.25) is 5.22 Å². The molecular formula is C17H22ClNO. The molecule has 0 spiro atoms. The van der Waals surface area contributed by atoms with Crippen LogP contribution in [-0.2, 0) is 6.54 Å². The molecule has 1 aliphatic rings. The molecule has 1 aromatic carbocycles. The van der Waals surface area contributed by atoms with Gasteiger partial charge in [0.25, 0.3) is 0 Å². The second kappa shape index (κ2) is 6.19. The zero-order valence-corrected chi connectivity index (χ0v) is 12.7. The maximum Gasteiger partial charge on any atom is 0.199 e. The fourth-order valence-electron chi connectivity index (χ4n) is 3.33. The minimum absolute atomic E-state index is 0.529. The van der Waals surface area contributed by atoms with Crippen LogP contribution >= 0.6 is 11.6 Å². The summed E-state index contributed by atoms with van der Waals surface area (Å²) in [5.74, 6) is 0.887. The van der Waals surface area contributed by atoms with Crippen LogP contribution in [0.3, 0.4) is 0 Å². The van der Waals surface area contributed by atoms with E-state index >= 15 is 0 Å². The molecule has 0 bridgehead atoms. The normalized spacial score (nSPS) is 23.3. The average Bonchev–Trinajstić information content (AvgIpc) is 2.81. The molecular weight excluding hydrogens is 270 g/mol. The Balaban J connectivity index is 1.69. The van der Waals surface area contributed by atoms with Gasteiger partial charge in [-0.1, -0.05) is 44.4 Å². The minimum Gasteiger partial charge on any atom is -0.444 e. The van der Waals surface area contributed by atoms with Gasteiger partial charge in [0.1, 0.15) is 5.58 Å². The number of para-hydroxylation sites is 1. The zero-order chi connectivity index (χ0) is 13.9. The number of rotatable bonds is 4. The van der Waals surface area contributed by atoms with E-state index in [4.69, 9.17) is 16.0 Å². The lowest BCUT2D eigenvalue weighted by molar-refractivity contribution is 0.278. The second-order valence-corrected chi connectivity index (χ2v) is 6.21. The van der Waals surface area contributed by atoms with Crippen LogP contribution in [0.15, 0.2) is 28.7 Å². The molecule has 108 valence electrons. The van der Waals surface area contributed by atoms with E-state index in [-0.39, 0.29) is 0 Å². The van der Waals surface area contributed by atoms with Gasteiger partial charge in [-0.3, -0.25) is 0 Å². The summed E-state index contributed by atoms with van der Waals surface area (Å²) in [4.78, 5) is 0. The number of nitrogens with one attached hydrogen (secondary N) is 1. The van der Waals surface area contributed by atoms with E-state index in [0.717, 1.165) is 29.0 Å². The van der Waals surface area contributed by atoms with E-state index < -0.39 is 0 Å². The summed E-state index contributed by atoms with van der Waals surface area (Å²) in [7, 11) is 0. The van der Waals surface area contributed by atoms with Crippen LogP contribution in [0.1, 0.15) is 44.6 Å². The molecule has 0 saturated heterocycles. The lowest BCUT2D eigenvalue weighted by Gasteiger charge is -2.29. The van der Waals surface area contributed by atoms with E-state index in [9.17, 15) is 0 Å². The summed E-state index contributed by atoms with van der Waals surface area (Å²) < 4.78 is 5.61. The Morgan fingerprint density at radius 1 is 1.30 bits per heavy atom. The average molecular weight is 292 g/mol. The lowest BCUT2D eigenvalue weighted by Crippen LogP contribution is -2.33. The van der Waals surface area contributed by atoms with Crippen LogP contribution in [-0.4, -0.2) is 6.04 Å². The molecule has 2 atom stereocenters. The highest BCUT2D eigenvalue weighted by molar-refractivity contribution is 6.30. The summed E-state index contributed by atoms with van der Waals surface area (Å²) in [5.41, 5.74) is 1.98. The SMILES string of the molecule is CCC1CCCC(NCc2c(Cl)oc3ccccc23)C1. The third kappa shape index (κ3) is 2.87. The molecule has 0 aliphatic heterocycles. The molecule has 1 aromatic heterocycles. The molecule has 3 heteroatoms. The fraction of sp³-hybridized carbons (Fsp3) is 0.529. The predicted octanol–water partition coefficient (Wildman–Crippen LogP) is 5.14. The van der Waals surface area contributed by atoms with Gasteiger partial charge in [-0.05, 0) is 36.4 Å². The first-order valence-corrected chi connectivity index (χ1v) is 8.05. The highest BCUT2D eigenvalue weighted by Crippen LogP contribution is 2.31. The number of benzene rings is 1. The summed E-state index contributed by atoms with van der Waals surface area (Å²) in [6.45, 7) is 3.10. The Hall–Kier alpha value is -0.990. The number of furan rings is 1. The predicted molar refractivity (Wildman–Crippen MR) is 84.1 cm³/mol. The highest BCUT2D eigenvalue weighted by atomic mass is 35.5. The van der Waals surface area contributed by atoms with E-state index in [1.54, 1.807) is 0 Å². The van der Waals surface area contributed by atoms with Gasteiger partial charge < -0.3 is 9.73 Å². The molecule has 2 nitrogen and oxygen atoms in total. The minimum atomic E-state index is 0.529. The van der Waals surface area contributed by atoms with Crippen molar-refractivity contribution in [1.82, 2.24) is 5.32 Å². The Morgan fingerprint density at radius 2 is 2.15 bits per heavy atom. The third-order valence-electron chi connectivity index (χ3n) is 4.58. The van der Waals surface area contributed by atoms with Crippen LogP contribution in [0.25, 0.3) is 11.0 Å². The molecule has 2 aromatic rings. The summed E-state index contributed by atoms with van der Waals surface area (Å²) in [6, 6.07) is 8.69. The fourth-order valence-corrected chi connectivity index (χ4v) is 3.58.